The highest BCUT2D eigenvalue weighted by atomic mass is 32.1. The predicted octanol–water partition coefficient (Wildman–Crippen LogP) is 3.97. The third-order valence-electron chi connectivity index (χ3n) is 6.57. The van der Waals surface area contributed by atoms with Gasteiger partial charge >= 0.3 is 0 Å². The minimum atomic E-state index is 0.314. The Morgan fingerprint density at radius 1 is 1.19 bits per heavy atom. The van der Waals surface area contributed by atoms with E-state index >= 15 is 0 Å². The van der Waals surface area contributed by atoms with E-state index in [1.807, 2.05) is 11.3 Å². The Bertz CT molecular complexity index is 670. The van der Waals surface area contributed by atoms with Crippen LogP contribution in [0.1, 0.15) is 73.9 Å². The van der Waals surface area contributed by atoms with Crippen molar-refractivity contribution < 1.29 is 9.47 Å². The van der Waals surface area contributed by atoms with E-state index in [0.717, 1.165) is 77.5 Å². The standard InChI is InChI=1S/C24H40N4O2S/c1-2-25-24(26-14-7-11-23-27-21-9-3-4-10-22(21)31-23)28-15-12-19(13-16-28)30-18-20-8-5-6-17-29-20/h19-20H,2-18H2,1H3,(H,25,26). The molecule has 6 nitrogen and oxygen atoms in total. The maximum absolute atomic E-state index is 6.17. The van der Waals surface area contributed by atoms with Gasteiger partial charge in [0.05, 0.1) is 29.5 Å². The third-order valence-corrected chi connectivity index (χ3v) is 7.79. The zero-order valence-corrected chi connectivity index (χ0v) is 20.1. The summed E-state index contributed by atoms with van der Waals surface area (Å²) in [7, 11) is 0. The van der Waals surface area contributed by atoms with Crippen molar-refractivity contribution >= 4 is 17.3 Å². The summed E-state index contributed by atoms with van der Waals surface area (Å²) < 4.78 is 12.0. The number of fused-ring (bicyclic) bond motifs is 1. The molecule has 2 aliphatic heterocycles. The zero-order valence-electron chi connectivity index (χ0n) is 19.2. The molecule has 0 aromatic carbocycles. The first-order valence-electron chi connectivity index (χ1n) is 12.6. The molecule has 2 fully saturated rings. The molecule has 0 bridgehead atoms. The average molecular weight is 449 g/mol. The number of hydrogen-bond donors (Lipinski definition) is 1. The second-order valence-corrected chi connectivity index (χ2v) is 10.2. The van der Waals surface area contributed by atoms with Crippen LogP contribution in [0.4, 0.5) is 0 Å². The largest absolute Gasteiger partial charge is 0.376 e. The number of aromatic nitrogens is 1. The van der Waals surface area contributed by atoms with E-state index in [0.29, 0.717) is 12.2 Å². The van der Waals surface area contributed by atoms with Crippen LogP contribution in [0.15, 0.2) is 4.99 Å². The molecule has 1 unspecified atom stereocenters. The van der Waals surface area contributed by atoms with Crippen molar-refractivity contribution in [2.75, 3.05) is 39.4 Å². The lowest BCUT2D eigenvalue weighted by molar-refractivity contribution is -0.0721. The minimum absolute atomic E-state index is 0.314. The van der Waals surface area contributed by atoms with Gasteiger partial charge < -0.3 is 19.7 Å². The molecule has 1 aromatic heterocycles. The Hall–Kier alpha value is -1.18. The molecular weight excluding hydrogens is 408 g/mol. The van der Waals surface area contributed by atoms with E-state index < -0.39 is 0 Å². The Morgan fingerprint density at radius 2 is 2.06 bits per heavy atom. The molecule has 1 atom stereocenters. The van der Waals surface area contributed by atoms with E-state index in [9.17, 15) is 0 Å². The lowest BCUT2D eigenvalue weighted by Crippen LogP contribution is -2.47. The van der Waals surface area contributed by atoms with Crippen LogP contribution in [0.3, 0.4) is 0 Å². The summed E-state index contributed by atoms with van der Waals surface area (Å²) in [5, 5.41) is 4.80. The van der Waals surface area contributed by atoms with Gasteiger partial charge in [0.15, 0.2) is 5.96 Å². The molecule has 0 amide bonds. The molecule has 31 heavy (non-hydrogen) atoms. The molecule has 7 heteroatoms. The van der Waals surface area contributed by atoms with Crippen molar-refractivity contribution in [1.82, 2.24) is 15.2 Å². The van der Waals surface area contributed by atoms with Gasteiger partial charge in [-0.25, -0.2) is 4.98 Å². The summed E-state index contributed by atoms with van der Waals surface area (Å²) in [6.07, 6.45) is 13.6. The lowest BCUT2D eigenvalue weighted by atomic mass is 10.0. The second kappa shape index (κ2) is 12.2. The Morgan fingerprint density at radius 3 is 2.84 bits per heavy atom. The highest BCUT2D eigenvalue weighted by Crippen LogP contribution is 2.27. The van der Waals surface area contributed by atoms with Gasteiger partial charge in [-0.05, 0) is 71.1 Å². The first-order chi connectivity index (χ1) is 15.3. The highest BCUT2D eigenvalue weighted by molar-refractivity contribution is 7.11. The van der Waals surface area contributed by atoms with Crippen LogP contribution in [0, 0.1) is 0 Å². The normalized spacial score (nSPS) is 23.1. The van der Waals surface area contributed by atoms with Gasteiger partial charge in [-0.2, -0.15) is 0 Å². The minimum Gasteiger partial charge on any atom is -0.376 e. The molecule has 0 spiro atoms. The van der Waals surface area contributed by atoms with Gasteiger partial charge in [-0.1, -0.05) is 0 Å². The fourth-order valence-corrected chi connectivity index (χ4v) is 5.97. The summed E-state index contributed by atoms with van der Waals surface area (Å²) in [5.74, 6) is 1.06. The van der Waals surface area contributed by atoms with Crippen LogP contribution < -0.4 is 5.32 Å². The van der Waals surface area contributed by atoms with Crippen molar-refractivity contribution in [3.63, 3.8) is 0 Å². The summed E-state index contributed by atoms with van der Waals surface area (Å²) in [6.45, 7) is 7.62. The topological polar surface area (TPSA) is 59.0 Å². The smallest absolute Gasteiger partial charge is 0.193 e. The average Bonchev–Trinajstić information content (AvgIpc) is 3.24. The number of aliphatic imine (C=N–C) groups is 1. The van der Waals surface area contributed by atoms with Gasteiger partial charge in [0.2, 0.25) is 0 Å². The molecular formula is C24H40N4O2S. The molecule has 0 saturated carbocycles. The maximum Gasteiger partial charge on any atom is 0.193 e. The molecule has 4 rings (SSSR count). The van der Waals surface area contributed by atoms with Gasteiger partial charge in [0.1, 0.15) is 0 Å². The van der Waals surface area contributed by atoms with Crippen molar-refractivity contribution in [2.24, 2.45) is 4.99 Å². The molecule has 174 valence electrons. The zero-order chi connectivity index (χ0) is 21.3. The number of nitrogens with zero attached hydrogens (tertiary/aromatic N) is 3. The van der Waals surface area contributed by atoms with Gasteiger partial charge in [0, 0.05) is 44.1 Å². The van der Waals surface area contributed by atoms with E-state index in [1.165, 1.54) is 49.2 Å². The number of likely N-dealkylation sites (tertiary alicyclic amines) is 1. The van der Waals surface area contributed by atoms with Gasteiger partial charge in [-0.15, -0.1) is 11.3 Å². The first-order valence-corrected chi connectivity index (χ1v) is 13.4. The first kappa shape index (κ1) is 23.0. The van der Waals surface area contributed by atoms with Gasteiger partial charge in [0.25, 0.3) is 0 Å². The number of rotatable bonds is 8. The number of nitrogens with one attached hydrogen (secondary N) is 1. The van der Waals surface area contributed by atoms with E-state index in [4.69, 9.17) is 19.5 Å². The summed E-state index contributed by atoms with van der Waals surface area (Å²) in [6, 6.07) is 0. The number of aryl methyl sites for hydroxylation is 3. The van der Waals surface area contributed by atoms with Crippen LogP contribution in [-0.4, -0.2) is 67.4 Å². The SMILES string of the molecule is CCNC(=NCCCc1nc2c(s1)CCCC2)N1CCC(OCC2CCCCO2)CC1. The molecule has 3 aliphatic rings. The second-order valence-electron chi connectivity index (χ2n) is 9.03. The summed E-state index contributed by atoms with van der Waals surface area (Å²) in [4.78, 5) is 13.7. The quantitative estimate of drug-likeness (QED) is 0.370. The molecule has 1 aromatic rings. The number of ether oxygens (including phenoxy) is 2. The van der Waals surface area contributed by atoms with Crippen LogP contribution in [0.2, 0.25) is 0 Å². The highest BCUT2D eigenvalue weighted by Gasteiger charge is 2.23. The molecule has 1 N–H and O–H groups in total. The van der Waals surface area contributed by atoms with Gasteiger partial charge in [-0.3, -0.25) is 4.99 Å². The number of thiazole rings is 1. The number of piperidine rings is 1. The third kappa shape index (κ3) is 6.90. The molecule has 1 aliphatic carbocycles. The van der Waals surface area contributed by atoms with Crippen LogP contribution >= 0.6 is 11.3 Å². The number of guanidine groups is 1. The van der Waals surface area contributed by atoms with E-state index in [-0.39, 0.29) is 0 Å². The van der Waals surface area contributed by atoms with E-state index in [1.54, 1.807) is 4.88 Å². The molecule has 3 heterocycles. The van der Waals surface area contributed by atoms with Crippen LogP contribution in [0.5, 0.6) is 0 Å². The lowest BCUT2D eigenvalue weighted by Gasteiger charge is -2.35. The molecule has 2 saturated heterocycles. The fraction of sp³-hybridized carbons (Fsp3) is 0.833. The Labute approximate surface area is 191 Å². The van der Waals surface area contributed by atoms with Crippen molar-refractivity contribution in [1.29, 1.82) is 0 Å². The Balaban J connectivity index is 1.18. The fourth-order valence-electron chi connectivity index (χ4n) is 4.77. The van der Waals surface area contributed by atoms with Crippen LogP contribution in [0.25, 0.3) is 0 Å². The van der Waals surface area contributed by atoms with Crippen molar-refractivity contribution in [3.8, 4) is 0 Å². The maximum atomic E-state index is 6.17. The Kier molecular flexibility index (Phi) is 9.02. The molecule has 0 radical (unpaired) electrons. The van der Waals surface area contributed by atoms with E-state index in [2.05, 4.69) is 17.1 Å². The summed E-state index contributed by atoms with van der Waals surface area (Å²) in [5.41, 5.74) is 1.38. The summed E-state index contributed by atoms with van der Waals surface area (Å²) >= 11 is 1.94. The van der Waals surface area contributed by atoms with Crippen molar-refractivity contribution in [3.05, 3.63) is 15.6 Å². The monoisotopic (exact) mass is 448 g/mol. The predicted molar refractivity (Wildman–Crippen MR) is 127 cm³/mol. The van der Waals surface area contributed by atoms with Crippen molar-refractivity contribution in [2.45, 2.75) is 89.8 Å². The number of hydrogen-bond acceptors (Lipinski definition) is 5. The van der Waals surface area contributed by atoms with Crippen LogP contribution in [-0.2, 0) is 28.7 Å².